The van der Waals surface area contributed by atoms with Crippen LogP contribution < -0.4 is 4.74 Å². The molecule has 0 saturated carbocycles. The predicted molar refractivity (Wildman–Crippen MR) is 68.3 cm³/mol. The Bertz CT molecular complexity index is 502. The van der Waals surface area contributed by atoms with Crippen molar-refractivity contribution in [3.05, 3.63) is 41.8 Å². The number of nitrogens with zero attached hydrogens (tertiary/aromatic N) is 2. The van der Waals surface area contributed by atoms with Gasteiger partial charge < -0.3 is 4.74 Å². The topological polar surface area (TPSA) is 35.0 Å². The second-order valence-electron chi connectivity index (χ2n) is 3.56. The molecule has 2 rings (SSSR count). The normalized spacial score (nSPS) is 10.2. The van der Waals surface area contributed by atoms with E-state index in [1.165, 1.54) is 0 Å². The van der Waals surface area contributed by atoms with Crippen molar-refractivity contribution in [2.75, 3.05) is 6.61 Å². The minimum Gasteiger partial charge on any atom is -0.493 e. The van der Waals surface area contributed by atoms with Crippen molar-refractivity contribution >= 4 is 11.6 Å². The Morgan fingerprint density at radius 2 is 2.06 bits per heavy atom. The molecule has 0 aliphatic heterocycles. The Kier molecular flexibility index (Phi) is 3.94. The van der Waals surface area contributed by atoms with Crippen LogP contribution in [0.5, 0.6) is 5.75 Å². The van der Waals surface area contributed by atoms with Crippen molar-refractivity contribution in [2.45, 2.75) is 13.3 Å². The monoisotopic (exact) mass is 248 g/mol. The summed E-state index contributed by atoms with van der Waals surface area (Å²) in [5.41, 5.74) is 1.71. The molecule has 0 unspecified atom stereocenters. The van der Waals surface area contributed by atoms with E-state index in [2.05, 4.69) is 16.9 Å². The first kappa shape index (κ1) is 11.9. The van der Waals surface area contributed by atoms with Crippen LogP contribution in [0.2, 0.25) is 5.28 Å². The SMILES string of the molecule is CCCOc1ccccc1-c1ccnc(Cl)n1. The largest absolute Gasteiger partial charge is 0.493 e. The van der Waals surface area contributed by atoms with Gasteiger partial charge in [0.05, 0.1) is 12.3 Å². The molecule has 1 heterocycles. The second-order valence-corrected chi connectivity index (χ2v) is 3.89. The summed E-state index contributed by atoms with van der Waals surface area (Å²) in [6.07, 6.45) is 2.61. The van der Waals surface area contributed by atoms with E-state index in [9.17, 15) is 0 Å². The molecule has 3 nitrogen and oxygen atoms in total. The molecule has 2 aromatic rings. The molecule has 0 aliphatic rings. The van der Waals surface area contributed by atoms with E-state index in [1.54, 1.807) is 6.20 Å². The molecule has 0 aliphatic carbocycles. The Morgan fingerprint density at radius 3 is 2.82 bits per heavy atom. The maximum absolute atomic E-state index is 5.79. The highest BCUT2D eigenvalue weighted by Crippen LogP contribution is 2.28. The highest BCUT2D eigenvalue weighted by Gasteiger charge is 2.07. The van der Waals surface area contributed by atoms with Crippen molar-refractivity contribution in [3.8, 4) is 17.0 Å². The average molecular weight is 249 g/mol. The summed E-state index contributed by atoms with van der Waals surface area (Å²) < 4.78 is 5.68. The van der Waals surface area contributed by atoms with Gasteiger partial charge in [0.1, 0.15) is 5.75 Å². The number of halogens is 1. The molecular weight excluding hydrogens is 236 g/mol. The molecule has 0 bridgehead atoms. The van der Waals surface area contributed by atoms with E-state index >= 15 is 0 Å². The minimum absolute atomic E-state index is 0.243. The highest BCUT2D eigenvalue weighted by molar-refractivity contribution is 6.28. The van der Waals surface area contributed by atoms with Crippen LogP contribution in [0.4, 0.5) is 0 Å². The lowest BCUT2D eigenvalue weighted by Crippen LogP contribution is -1.97. The number of aromatic nitrogens is 2. The molecule has 0 radical (unpaired) electrons. The quantitative estimate of drug-likeness (QED) is 0.776. The molecule has 17 heavy (non-hydrogen) atoms. The molecular formula is C13H13ClN2O. The molecule has 0 atom stereocenters. The van der Waals surface area contributed by atoms with Gasteiger partial charge in [0, 0.05) is 11.8 Å². The smallest absolute Gasteiger partial charge is 0.222 e. The van der Waals surface area contributed by atoms with Crippen LogP contribution >= 0.6 is 11.6 Å². The number of rotatable bonds is 4. The number of ether oxygens (including phenoxy) is 1. The molecule has 1 aromatic heterocycles. The van der Waals surface area contributed by atoms with Gasteiger partial charge >= 0.3 is 0 Å². The van der Waals surface area contributed by atoms with E-state index < -0.39 is 0 Å². The molecule has 88 valence electrons. The zero-order valence-electron chi connectivity index (χ0n) is 9.56. The lowest BCUT2D eigenvalue weighted by Gasteiger charge is -2.10. The second kappa shape index (κ2) is 5.64. The van der Waals surface area contributed by atoms with E-state index in [0.717, 1.165) is 23.4 Å². The van der Waals surface area contributed by atoms with Crippen molar-refractivity contribution in [1.82, 2.24) is 9.97 Å². The fourth-order valence-corrected chi connectivity index (χ4v) is 1.65. The summed E-state index contributed by atoms with van der Waals surface area (Å²) >= 11 is 5.79. The molecule has 0 spiro atoms. The molecule has 0 saturated heterocycles. The van der Waals surface area contributed by atoms with Gasteiger partial charge in [0.2, 0.25) is 5.28 Å². The highest BCUT2D eigenvalue weighted by atomic mass is 35.5. The van der Waals surface area contributed by atoms with E-state index in [4.69, 9.17) is 16.3 Å². The lowest BCUT2D eigenvalue weighted by molar-refractivity contribution is 0.318. The van der Waals surface area contributed by atoms with Crippen LogP contribution in [0, 0.1) is 0 Å². The van der Waals surface area contributed by atoms with Crippen molar-refractivity contribution in [1.29, 1.82) is 0 Å². The zero-order chi connectivity index (χ0) is 12.1. The lowest BCUT2D eigenvalue weighted by atomic mass is 10.1. The van der Waals surface area contributed by atoms with Gasteiger partial charge in [-0.05, 0) is 36.2 Å². The summed E-state index contributed by atoms with van der Waals surface area (Å²) in [6, 6.07) is 9.60. The number of para-hydroxylation sites is 1. The first-order valence-electron chi connectivity index (χ1n) is 5.52. The van der Waals surface area contributed by atoms with Crippen LogP contribution in [0.25, 0.3) is 11.3 Å². The number of benzene rings is 1. The summed E-state index contributed by atoms with van der Waals surface area (Å²) in [7, 11) is 0. The van der Waals surface area contributed by atoms with Gasteiger partial charge in [-0.15, -0.1) is 0 Å². The number of hydrogen-bond donors (Lipinski definition) is 0. The van der Waals surface area contributed by atoms with Gasteiger partial charge in [-0.25, -0.2) is 9.97 Å². The Morgan fingerprint density at radius 1 is 1.24 bits per heavy atom. The van der Waals surface area contributed by atoms with E-state index in [-0.39, 0.29) is 5.28 Å². The van der Waals surface area contributed by atoms with Crippen LogP contribution in [0.3, 0.4) is 0 Å². The molecule has 1 aromatic carbocycles. The first-order chi connectivity index (χ1) is 8.31. The van der Waals surface area contributed by atoms with Gasteiger partial charge in [-0.1, -0.05) is 19.1 Å². The zero-order valence-corrected chi connectivity index (χ0v) is 10.3. The van der Waals surface area contributed by atoms with Crippen molar-refractivity contribution < 1.29 is 4.74 Å². The summed E-state index contributed by atoms with van der Waals surface area (Å²) in [5.74, 6) is 0.823. The van der Waals surface area contributed by atoms with Crippen LogP contribution in [-0.2, 0) is 0 Å². The van der Waals surface area contributed by atoms with Gasteiger partial charge in [-0.2, -0.15) is 0 Å². The molecule has 0 amide bonds. The van der Waals surface area contributed by atoms with Gasteiger partial charge in [0.15, 0.2) is 0 Å². The average Bonchev–Trinajstić information content (AvgIpc) is 2.37. The molecule has 0 fully saturated rings. The van der Waals surface area contributed by atoms with E-state index in [0.29, 0.717) is 6.61 Å². The Balaban J connectivity index is 2.37. The third-order valence-corrected chi connectivity index (χ3v) is 2.43. The van der Waals surface area contributed by atoms with E-state index in [1.807, 2.05) is 30.3 Å². The fourth-order valence-electron chi connectivity index (χ4n) is 1.50. The van der Waals surface area contributed by atoms with Crippen molar-refractivity contribution in [2.24, 2.45) is 0 Å². The summed E-state index contributed by atoms with van der Waals surface area (Å²) in [5, 5.41) is 0.243. The Hall–Kier alpha value is -1.61. The third-order valence-electron chi connectivity index (χ3n) is 2.25. The summed E-state index contributed by atoms with van der Waals surface area (Å²) in [4.78, 5) is 8.06. The Labute approximate surface area is 105 Å². The van der Waals surface area contributed by atoms with Crippen LogP contribution in [0.15, 0.2) is 36.5 Å². The maximum Gasteiger partial charge on any atom is 0.222 e. The third kappa shape index (κ3) is 2.94. The maximum atomic E-state index is 5.79. The van der Waals surface area contributed by atoms with Crippen LogP contribution in [0.1, 0.15) is 13.3 Å². The fraction of sp³-hybridized carbons (Fsp3) is 0.231. The summed E-state index contributed by atoms with van der Waals surface area (Å²) in [6.45, 7) is 2.76. The predicted octanol–water partition coefficient (Wildman–Crippen LogP) is 3.59. The first-order valence-corrected chi connectivity index (χ1v) is 5.90. The molecule has 4 heteroatoms. The van der Waals surface area contributed by atoms with Crippen LogP contribution in [-0.4, -0.2) is 16.6 Å². The van der Waals surface area contributed by atoms with Gasteiger partial charge in [0.25, 0.3) is 0 Å². The molecule has 0 N–H and O–H groups in total. The standard InChI is InChI=1S/C13H13ClN2O/c1-2-9-17-12-6-4-3-5-10(12)11-7-8-15-13(14)16-11/h3-8H,2,9H2,1H3. The van der Waals surface area contributed by atoms with Gasteiger partial charge in [-0.3, -0.25) is 0 Å². The van der Waals surface area contributed by atoms with Crippen molar-refractivity contribution in [3.63, 3.8) is 0 Å². The number of hydrogen-bond acceptors (Lipinski definition) is 3. The minimum atomic E-state index is 0.243.